The molecule has 7 heteroatoms. The van der Waals surface area contributed by atoms with E-state index >= 15 is 0 Å². The average Bonchev–Trinajstić information content (AvgIpc) is 2.91. The van der Waals surface area contributed by atoms with Crippen LogP contribution in [0.1, 0.15) is 34.8 Å². The molecule has 0 saturated heterocycles. The predicted molar refractivity (Wildman–Crippen MR) is 78.4 cm³/mol. The lowest BCUT2D eigenvalue weighted by Crippen LogP contribution is -2.28. The summed E-state index contributed by atoms with van der Waals surface area (Å²) in [5, 5.41) is 10.5. The Morgan fingerprint density at radius 2 is 2.20 bits per heavy atom. The monoisotopic (exact) mass is 311 g/mol. The van der Waals surface area contributed by atoms with Gasteiger partial charge in [-0.05, 0) is 24.1 Å². The van der Waals surface area contributed by atoms with Crippen LogP contribution >= 0.6 is 22.9 Å². The van der Waals surface area contributed by atoms with E-state index in [0.29, 0.717) is 0 Å². The van der Waals surface area contributed by atoms with Crippen molar-refractivity contribution in [3.63, 3.8) is 0 Å². The first-order valence-corrected chi connectivity index (χ1v) is 7.28. The van der Waals surface area contributed by atoms with Crippen molar-refractivity contribution in [2.45, 2.75) is 19.4 Å². The summed E-state index contributed by atoms with van der Waals surface area (Å²) < 4.78 is 5.57. The van der Waals surface area contributed by atoms with Crippen molar-refractivity contribution in [3.05, 3.63) is 39.3 Å². The van der Waals surface area contributed by atoms with Crippen LogP contribution in [-0.2, 0) is 0 Å². The lowest BCUT2D eigenvalue weighted by molar-refractivity contribution is 0.0934. The van der Waals surface area contributed by atoms with Crippen LogP contribution < -0.4 is 10.1 Å². The Hall–Kier alpha value is -1.66. The summed E-state index contributed by atoms with van der Waals surface area (Å²) in [4.78, 5) is 12.1. The number of amides is 1. The van der Waals surface area contributed by atoms with Crippen LogP contribution in [0.3, 0.4) is 0 Å². The molecule has 0 aliphatic rings. The summed E-state index contributed by atoms with van der Waals surface area (Å²) in [5.74, 6) is 0.460. The van der Waals surface area contributed by atoms with Gasteiger partial charge in [-0.2, -0.15) is 0 Å². The fourth-order valence-electron chi connectivity index (χ4n) is 1.87. The van der Waals surface area contributed by atoms with Crippen molar-refractivity contribution in [1.29, 1.82) is 0 Å². The van der Waals surface area contributed by atoms with Gasteiger partial charge >= 0.3 is 0 Å². The highest BCUT2D eigenvalue weighted by Gasteiger charge is 2.19. The first kappa shape index (κ1) is 14.7. The molecule has 20 heavy (non-hydrogen) atoms. The molecule has 1 atom stereocenters. The molecule has 0 fully saturated rings. The van der Waals surface area contributed by atoms with Gasteiger partial charge in [0.2, 0.25) is 9.47 Å². The number of hydrogen-bond acceptors (Lipinski definition) is 5. The molecule has 1 unspecified atom stereocenters. The maximum atomic E-state index is 12.1. The van der Waals surface area contributed by atoms with Crippen LogP contribution in [0.25, 0.3) is 0 Å². The van der Waals surface area contributed by atoms with Crippen molar-refractivity contribution in [1.82, 2.24) is 15.5 Å². The van der Waals surface area contributed by atoms with Crippen LogP contribution in [0.15, 0.2) is 24.3 Å². The number of methoxy groups -OCH3 is 1. The number of carbonyl (C=O) groups excluding carboxylic acids is 1. The van der Waals surface area contributed by atoms with Gasteiger partial charge in [0, 0.05) is 5.56 Å². The second-order valence-electron chi connectivity index (χ2n) is 4.04. The molecule has 0 aliphatic carbocycles. The lowest BCUT2D eigenvalue weighted by atomic mass is 10.0. The SMILES string of the molecule is CCC(NC(=O)c1nnc(Cl)s1)c1ccccc1OC. The van der Waals surface area contributed by atoms with Gasteiger partial charge in [0.1, 0.15) is 5.75 Å². The molecule has 0 radical (unpaired) electrons. The number of halogens is 1. The van der Waals surface area contributed by atoms with Crippen molar-refractivity contribution >= 4 is 28.8 Å². The third-order valence-corrected chi connectivity index (χ3v) is 3.84. The molecule has 1 aromatic carbocycles. The smallest absolute Gasteiger partial charge is 0.282 e. The van der Waals surface area contributed by atoms with E-state index in [0.717, 1.165) is 29.1 Å². The molecule has 1 amide bonds. The standard InChI is InChI=1S/C13H14ClN3O2S/c1-3-9(8-6-4-5-7-10(8)19-2)15-11(18)12-16-17-13(14)20-12/h4-7,9H,3H2,1-2H3,(H,15,18). The number of ether oxygens (including phenoxy) is 1. The number of nitrogens with one attached hydrogen (secondary N) is 1. The van der Waals surface area contributed by atoms with Crippen molar-refractivity contribution < 1.29 is 9.53 Å². The first-order valence-electron chi connectivity index (χ1n) is 6.08. The summed E-state index contributed by atoms with van der Waals surface area (Å²) in [5.41, 5.74) is 0.932. The number of hydrogen-bond donors (Lipinski definition) is 1. The Morgan fingerprint density at radius 1 is 1.45 bits per heavy atom. The van der Waals surface area contributed by atoms with Crippen LogP contribution in [0.4, 0.5) is 0 Å². The Balaban J connectivity index is 2.18. The maximum absolute atomic E-state index is 12.1. The van der Waals surface area contributed by atoms with Gasteiger partial charge in [-0.1, -0.05) is 36.5 Å². The number of aromatic nitrogens is 2. The second kappa shape index (κ2) is 6.67. The minimum atomic E-state index is -0.285. The third-order valence-electron chi connectivity index (χ3n) is 2.82. The van der Waals surface area contributed by atoms with E-state index in [1.165, 1.54) is 0 Å². The molecule has 1 N–H and O–H groups in total. The van der Waals surface area contributed by atoms with E-state index in [9.17, 15) is 4.79 Å². The van der Waals surface area contributed by atoms with Crippen molar-refractivity contribution in [3.8, 4) is 5.75 Å². The number of nitrogens with zero attached hydrogens (tertiary/aromatic N) is 2. The number of para-hydroxylation sites is 1. The van der Waals surface area contributed by atoms with Crippen LogP contribution in [-0.4, -0.2) is 23.2 Å². The number of benzene rings is 1. The van der Waals surface area contributed by atoms with Gasteiger partial charge in [0.05, 0.1) is 13.2 Å². The Labute approximate surface area is 125 Å². The molecule has 2 rings (SSSR count). The van der Waals surface area contributed by atoms with Gasteiger partial charge < -0.3 is 10.1 Å². The molecule has 1 heterocycles. The molecule has 0 aliphatic heterocycles. The van der Waals surface area contributed by atoms with E-state index in [2.05, 4.69) is 15.5 Å². The Kier molecular flexibility index (Phi) is 4.92. The van der Waals surface area contributed by atoms with E-state index in [4.69, 9.17) is 16.3 Å². The normalized spacial score (nSPS) is 11.9. The molecule has 2 aromatic rings. The molecular formula is C13H14ClN3O2S. The molecule has 0 bridgehead atoms. The predicted octanol–water partition coefficient (Wildman–Crippen LogP) is 3.08. The zero-order valence-corrected chi connectivity index (χ0v) is 12.7. The third kappa shape index (κ3) is 3.26. The van der Waals surface area contributed by atoms with Gasteiger partial charge in [-0.25, -0.2) is 0 Å². The summed E-state index contributed by atoms with van der Waals surface area (Å²) in [7, 11) is 1.61. The Bertz CT molecular complexity index is 603. The van der Waals surface area contributed by atoms with Gasteiger partial charge in [0.15, 0.2) is 0 Å². The lowest BCUT2D eigenvalue weighted by Gasteiger charge is -2.19. The summed E-state index contributed by atoms with van der Waals surface area (Å²) in [6.45, 7) is 1.99. The zero-order chi connectivity index (χ0) is 14.5. The Morgan fingerprint density at radius 3 is 2.80 bits per heavy atom. The van der Waals surface area contributed by atoms with Crippen LogP contribution in [0.2, 0.25) is 4.47 Å². The molecule has 5 nitrogen and oxygen atoms in total. The van der Waals surface area contributed by atoms with Crippen molar-refractivity contribution in [2.75, 3.05) is 7.11 Å². The summed E-state index contributed by atoms with van der Waals surface area (Å²) >= 11 is 6.74. The number of rotatable bonds is 5. The highest BCUT2D eigenvalue weighted by Crippen LogP contribution is 2.27. The van der Waals surface area contributed by atoms with E-state index in [1.807, 2.05) is 31.2 Å². The van der Waals surface area contributed by atoms with Crippen LogP contribution in [0.5, 0.6) is 5.75 Å². The second-order valence-corrected chi connectivity index (χ2v) is 5.60. The van der Waals surface area contributed by atoms with E-state index in [1.54, 1.807) is 7.11 Å². The van der Waals surface area contributed by atoms with Crippen LogP contribution in [0, 0.1) is 0 Å². The molecule has 0 saturated carbocycles. The minimum absolute atomic E-state index is 0.152. The van der Waals surface area contributed by atoms with Crippen molar-refractivity contribution in [2.24, 2.45) is 0 Å². The topological polar surface area (TPSA) is 64.1 Å². The fraction of sp³-hybridized carbons (Fsp3) is 0.308. The zero-order valence-electron chi connectivity index (χ0n) is 11.1. The van der Waals surface area contributed by atoms with Gasteiger partial charge in [0.25, 0.3) is 5.91 Å². The first-order chi connectivity index (χ1) is 9.65. The molecular weight excluding hydrogens is 298 g/mol. The quantitative estimate of drug-likeness (QED) is 0.921. The fourth-order valence-corrected chi connectivity index (χ4v) is 2.60. The molecule has 106 valence electrons. The highest BCUT2D eigenvalue weighted by atomic mass is 35.5. The van der Waals surface area contributed by atoms with Gasteiger partial charge in [-0.3, -0.25) is 4.79 Å². The summed E-state index contributed by atoms with van der Waals surface area (Å²) in [6.07, 6.45) is 0.735. The van der Waals surface area contributed by atoms with E-state index in [-0.39, 0.29) is 21.4 Å². The van der Waals surface area contributed by atoms with E-state index < -0.39 is 0 Å². The van der Waals surface area contributed by atoms with Gasteiger partial charge in [-0.15, -0.1) is 10.2 Å². The average molecular weight is 312 g/mol. The minimum Gasteiger partial charge on any atom is -0.496 e. The molecule has 0 spiro atoms. The number of carbonyl (C=O) groups is 1. The highest BCUT2D eigenvalue weighted by molar-refractivity contribution is 7.17. The molecule has 1 aromatic heterocycles. The largest absolute Gasteiger partial charge is 0.496 e. The maximum Gasteiger partial charge on any atom is 0.282 e. The summed E-state index contributed by atoms with van der Waals surface area (Å²) in [6, 6.07) is 7.45.